The van der Waals surface area contributed by atoms with Crippen LogP contribution in [0.3, 0.4) is 0 Å². The van der Waals surface area contributed by atoms with Gasteiger partial charge in [-0.25, -0.2) is 8.42 Å². The highest BCUT2D eigenvalue weighted by atomic mass is 32.2. The van der Waals surface area contributed by atoms with Crippen LogP contribution in [-0.4, -0.2) is 65.6 Å². The van der Waals surface area contributed by atoms with Crippen molar-refractivity contribution in [3.05, 3.63) is 78.4 Å². The van der Waals surface area contributed by atoms with E-state index in [1.807, 2.05) is 6.92 Å². The molecule has 220 valence electrons. The minimum absolute atomic E-state index is 0.0348. The van der Waals surface area contributed by atoms with Gasteiger partial charge in [-0.05, 0) is 67.4 Å². The molecule has 11 heteroatoms. The molecule has 3 aromatic rings. The molecule has 0 aliphatic rings. The lowest BCUT2D eigenvalue weighted by Gasteiger charge is -2.32. The van der Waals surface area contributed by atoms with E-state index in [0.29, 0.717) is 18.0 Å². The standard InChI is InChI=1S/C30H37N3O7S/c1-6-19-31-30(35)22(2)32(20-23-11-13-24(38-3)14-12-23)29(34)21-33(27-9-7-8-10-28(27)40-5)41(36,37)26-17-15-25(39-4)16-18-26/h7-18,22H,6,19-21H2,1-5H3,(H,31,35). The molecule has 41 heavy (non-hydrogen) atoms. The Hall–Kier alpha value is -4.25. The van der Waals surface area contributed by atoms with E-state index in [0.717, 1.165) is 16.3 Å². The molecule has 0 aliphatic carbocycles. The van der Waals surface area contributed by atoms with Crippen molar-refractivity contribution < 1.29 is 32.2 Å². The van der Waals surface area contributed by atoms with E-state index in [9.17, 15) is 18.0 Å². The average molecular weight is 584 g/mol. The Morgan fingerprint density at radius 3 is 2.00 bits per heavy atom. The first-order valence-electron chi connectivity index (χ1n) is 13.2. The summed E-state index contributed by atoms with van der Waals surface area (Å²) in [6.45, 7) is 3.51. The van der Waals surface area contributed by atoms with Gasteiger partial charge in [0, 0.05) is 13.1 Å². The van der Waals surface area contributed by atoms with Gasteiger partial charge in [0.25, 0.3) is 10.0 Å². The number of methoxy groups -OCH3 is 3. The van der Waals surface area contributed by atoms with Gasteiger partial charge in [0.05, 0.1) is 31.9 Å². The van der Waals surface area contributed by atoms with Crippen molar-refractivity contribution >= 4 is 27.5 Å². The molecule has 0 spiro atoms. The van der Waals surface area contributed by atoms with Crippen LogP contribution in [0.1, 0.15) is 25.8 Å². The van der Waals surface area contributed by atoms with Crippen molar-refractivity contribution in [3.8, 4) is 17.2 Å². The van der Waals surface area contributed by atoms with Crippen LogP contribution in [0.4, 0.5) is 5.69 Å². The molecule has 0 aliphatic heterocycles. The number of rotatable bonds is 14. The Morgan fingerprint density at radius 1 is 0.854 bits per heavy atom. The van der Waals surface area contributed by atoms with Crippen LogP contribution in [-0.2, 0) is 26.2 Å². The van der Waals surface area contributed by atoms with Crippen LogP contribution in [0.15, 0.2) is 77.7 Å². The van der Waals surface area contributed by atoms with Crippen LogP contribution < -0.4 is 23.8 Å². The number of benzene rings is 3. The maximum Gasteiger partial charge on any atom is 0.264 e. The number of carbonyl (C=O) groups is 2. The van der Waals surface area contributed by atoms with Gasteiger partial charge >= 0.3 is 0 Å². The molecule has 0 bridgehead atoms. The van der Waals surface area contributed by atoms with Gasteiger partial charge in [0.1, 0.15) is 29.8 Å². The first kappa shape index (κ1) is 31.3. The molecule has 0 saturated heterocycles. The first-order valence-corrected chi connectivity index (χ1v) is 14.6. The van der Waals surface area contributed by atoms with Gasteiger partial charge in [-0.3, -0.25) is 13.9 Å². The third-order valence-electron chi connectivity index (χ3n) is 6.51. The van der Waals surface area contributed by atoms with Crippen molar-refractivity contribution in [1.82, 2.24) is 10.2 Å². The quantitative estimate of drug-likeness (QED) is 0.307. The smallest absolute Gasteiger partial charge is 0.264 e. The molecule has 1 atom stereocenters. The number of nitrogens with zero attached hydrogens (tertiary/aromatic N) is 2. The van der Waals surface area contributed by atoms with Crippen molar-refractivity contribution in [3.63, 3.8) is 0 Å². The maximum atomic E-state index is 14.0. The Labute approximate surface area is 241 Å². The number of nitrogens with one attached hydrogen (secondary N) is 1. The zero-order chi connectivity index (χ0) is 30.0. The molecular formula is C30H37N3O7S. The molecule has 3 rings (SSSR count). The minimum atomic E-state index is -4.25. The number of anilines is 1. The molecule has 1 unspecified atom stereocenters. The van der Waals surface area contributed by atoms with Crippen LogP contribution in [0.2, 0.25) is 0 Å². The summed E-state index contributed by atoms with van der Waals surface area (Å²) in [5.74, 6) is 0.501. The van der Waals surface area contributed by atoms with Crippen molar-refractivity contribution in [2.24, 2.45) is 0 Å². The molecule has 0 saturated carbocycles. The Morgan fingerprint density at radius 2 is 1.44 bits per heavy atom. The van der Waals surface area contributed by atoms with Gasteiger partial charge in [-0.15, -0.1) is 0 Å². The number of hydrogen-bond acceptors (Lipinski definition) is 7. The summed E-state index contributed by atoms with van der Waals surface area (Å²) >= 11 is 0. The van der Waals surface area contributed by atoms with E-state index in [4.69, 9.17) is 14.2 Å². The largest absolute Gasteiger partial charge is 0.497 e. The zero-order valence-corrected chi connectivity index (χ0v) is 24.8. The summed E-state index contributed by atoms with van der Waals surface area (Å²) in [6.07, 6.45) is 0.729. The maximum absolute atomic E-state index is 14.0. The average Bonchev–Trinajstić information content (AvgIpc) is 3.00. The van der Waals surface area contributed by atoms with Crippen molar-refractivity contribution in [2.75, 3.05) is 38.7 Å². The zero-order valence-electron chi connectivity index (χ0n) is 24.0. The van der Waals surface area contributed by atoms with Gasteiger partial charge in [0.2, 0.25) is 11.8 Å². The predicted molar refractivity (Wildman–Crippen MR) is 157 cm³/mol. The second-order valence-corrected chi connectivity index (χ2v) is 11.1. The number of amides is 2. The molecule has 1 N–H and O–H groups in total. The molecule has 0 aromatic heterocycles. The monoisotopic (exact) mass is 583 g/mol. The highest BCUT2D eigenvalue weighted by Crippen LogP contribution is 2.33. The highest BCUT2D eigenvalue weighted by molar-refractivity contribution is 7.92. The molecule has 0 heterocycles. The van der Waals surface area contributed by atoms with E-state index < -0.39 is 28.5 Å². The molecule has 2 amide bonds. The number of ether oxygens (including phenoxy) is 3. The fourth-order valence-electron chi connectivity index (χ4n) is 4.13. The van der Waals surface area contributed by atoms with Crippen LogP contribution >= 0.6 is 0 Å². The third-order valence-corrected chi connectivity index (χ3v) is 8.28. The topological polar surface area (TPSA) is 114 Å². The molecule has 0 fully saturated rings. The summed E-state index contributed by atoms with van der Waals surface area (Å²) in [7, 11) is 0.217. The van der Waals surface area contributed by atoms with E-state index in [1.54, 1.807) is 62.6 Å². The summed E-state index contributed by atoms with van der Waals surface area (Å²) in [5, 5.41) is 2.83. The summed E-state index contributed by atoms with van der Waals surface area (Å²) in [4.78, 5) is 28.3. The SMILES string of the molecule is CCCNC(=O)C(C)N(Cc1ccc(OC)cc1)C(=O)CN(c1ccccc1OC)S(=O)(=O)c1ccc(OC)cc1. The first-order chi connectivity index (χ1) is 19.7. The Balaban J connectivity index is 2.05. The highest BCUT2D eigenvalue weighted by Gasteiger charge is 2.33. The fourth-order valence-corrected chi connectivity index (χ4v) is 5.55. The molecule has 3 aromatic carbocycles. The summed E-state index contributed by atoms with van der Waals surface area (Å²) < 4.78 is 44.9. The molecule has 10 nitrogen and oxygen atoms in total. The second kappa shape index (κ2) is 14.4. The fraction of sp³-hybridized carbons (Fsp3) is 0.333. The lowest BCUT2D eigenvalue weighted by Crippen LogP contribution is -2.51. The molecular weight excluding hydrogens is 546 g/mol. The van der Waals surface area contributed by atoms with Crippen LogP contribution in [0.25, 0.3) is 0 Å². The normalized spacial score (nSPS) is 11.7. The molecule has 0 radical (unpaired) electrons. The van der Waals surface area contributed by atoms with Crippen LogP contribution in [0.5, 0.6) is 17.2 Å². The van der Waals surface area contributed by atoms with Crippen molar-refractivity contribution in [1.29, 1.82) is 0 Å². The minimum Gasteiger partial charge on any atom is -0.497 e. The van der Waals surface area contributed by atoms with E-state index in [1.165, 1.54) is 43.4 Å². The Bertz CT molecular complexity index is 1410. The van der Waals surface area contributed by atoms with E-state index >= 15 is 0 Å². The van der Waals surface area contributed by atoms with Gasteiger partial charge in [-0.1, -0.05) is 31.2 Å². The van der Waals surface area contributed by atoms with E-state index in [-0.39, 0.29) is 28.8 Å². The van der Waals surface area contributed by atoms with E-state index in [2.05, 4.69) is 5.32 Å². The summed E-state index contributed by atoms with van der Waals surface area (Å²) in [5.41, 5.74) is 0.933. The predicted octanol–water partition coefficient (Wildman–Crippen LogP) is 3.85. The number of carbonyl (C=O) groups excluding carboxylic acids is 2. The third kappa shape index (κ3) is 7.69. The van der Waals surface area contributed by atoms with Gasteiger partial charge in [-0.2, -0.15) is 0 Å². The number of hydrogen-bond donors (Lipinski definition) is 1. The lowest BCUT2D eigenvalue weighted by atomic mass is 10.1. The van der Waals surface area contributed by atoms with Crippen molar-refractivity contribution in [2.45, 2.75) is 37.8 Å². The Kier molecular flexibility index (Phi) is 11.0. The van der Waals surface area contributed by atoms with Gasteiger partial charge < -0.3 is 24.4 Å². The van der Waals surface area contributed by atoms with Gasteiger partial charge in [0.15, 0.2) is 0 Å². The van der Waals surface area contributed by atoms with Crippen LogP contribution in [0, 0.1) is 0 Å². The second-order valence-electron chi connectivity index (χ2n) is 9.20. The lowest BCUT2D eigenvalue weighted by molar-refractivity contribution is -0.139. The number of sulfonamides is 1. The number of para-hydroxylation sites is 2. The summed E-state index contributed by atoms with van der Waals surface area (Å²) in [6, 6.07) is 18.7.